The maximum absolute atomic E-state index is 13.1. The highest BCUT2D eigenvalue weighted by atomic mass is 16.6. The number of nitrogens with zero attached hydrogens (tertiary/aromatic N) is 2. The number of carbonyl (C=O) groups is 2. The summed E-state index contributed by atoms with van der Waals surface area (Å²) in [7, 11) is 0. The molecule has 6 heteroatoms. The number of hydrogen-bond acceptors (Lipinski definition) is 5. The van der Waals surface area contributed by atoms with Gasteiger partial charge in [-0.15, -0.1) is 0 Å². The number of nitro benzene ring substituents is 1. The fraction of sp³-hybridized carbons (Fsp3) is 0.333. The van der Waals surface area contributed by atoms with Crippen LogP contribution in [0.4, 0.5) is 5.69 Å². The van der Waals surface area contributed by atoms with Crippen molar-refractivity contribution in [3.05, 3.63) is 80.5 Å². The summed E-state index contributed by atoms with van der Waals surface area (Å²) in [4.78, 5) is 39.4. The first kappa shape index (κ1) is 21.4. The number of fused-ring (bicyclic) bond motifs is 2. The van der Waals surface area contributed by atoms with Crippen LogP contribution < -0.4 is 0 Å². The Morgan fingerprint density at radius 2 is 1.47 bits per heavy atom. The van der Waals surface area contributed by atoms with Crippen molar-refractivity contribution in [1.82, 2.24) is 4.90 Å². The van der Waals surface area contributed by atoms with Gasteiger partial charge in [0.1, 0.15) is 5.56 Å². The number of ketones is 2. The van der Waals surface area contributed by atoms with Crippen molar-refractivity contribution in [3.63, 3.8) is 0 Å². The van der Waals surface area contributed by atoms with Gasteiger partial charge in [-0.1, -0.05) is 52.0 Å². The first-order valence-corrected chi connectivity index (χ1v) is 10.1. The Hall–Kier alpha value is -3.28. The molecule has 0 aromatic heterocycles. The minimum atomic E-state index is -0.563. The van der Waals surface area contributed by atoms with Gasteiger partial charge in [-0.2, -0.15) is 0 Å². The van der Waals surface area contributed by atoms with Crippen molar-refractivity contribution in [2.75, 3.05) is 13.1 Å². The van der Waals surface area contributed by atoms with Gasteiger partial charge in [0.05, 0.1) is 10.5 Å². The summed E-state index contributed by atoms with van der Waals surface area (Å²) in [6.45, 7) is 10.1. The molecule has 0 fully saturated rings. The van der Waals surface area contributed by atoms with Crippen LogP contribution in [-0.2, 0) is 0 Å². The highest BCUT2D eigenvalue weighted by Gasteiger charge is 2.36. The highest BCUT2D eigenvalue weighted by molar-refractivity contribution is 6.30. The van der Waals surface area contributed by atoms with Crippen molar-refractivity contribution in [1.29, 1.82) is 0 Å². The molecule has 6 nitrogen and oxygen atoms in total. The van der Waals surface area contributed by atoms with Crippen molar-refractivity contribution in [3.8, 4) is 0 Å². The van der Waals surface area contributed by atoms with E-state index in [9.17, 15) is 19.7 Å². The second-order valence-corrected chi connectivity index (χ2v) is 8.44. The molecule has 0 bridgehead atoms. The number of rotatable bonds is 7. The lowest BCUT2D eigenvalue weighted by Gasteiger charge is -2.24. The molecule has 0 radical (unpaired) electrons. The predicted octanol–water partition coefficient (Wildman–Crippen LogP) is 4.95. The minimum Gasteiger partial charge on any atom is -0.377 e. The Kier molecular flexibility index (Phi) is 6.15. The number of hydrogen-bond donors (Lipinski definition) is 0. The van der Waals surface area contributed by atoms with Crippen LogP contribution in [0.5, 0.6) is 0 Å². The molecule has 0 spiro atoms. The molecule has 2 aromatic carbocycles. The van der Waals surface area contributed by atoms with E-state index >= 15 is 0 Å². The molecule has 30 heavy (non-hydrogen) atoms. The van der Waals surface area contributed by atoms with E-state index in [0.717, 1.165) is 13.1 Å². The van der Waals surface area contributed by atoms with Crippen molar-refractivity contribution in [2.45, 2.75) is 27.7 Å². The summed E-state index contributed by atoms with van der Waals surface area (Å²) >= 11 is 0. The molecule has 3 rings (SSSR count). The normalized spacial score (nSPS) is 13.1. The monoisotopic (exact) mass is 406 g/mol. The molecule has 1 aliphatic carbocycles. The van der Waals surface area contributed by atoms with Crippen molar-refractivity contribution >= 4 is 23.3 Å². The number of nitro groups is 1. The summed E-state index contributed by atoms with van der Waals surface area (Å²) in [6.07, 6.45) is 3.51. The average molecular weight is 406 g/mol. The zero-order valence-electron chi connectivity index (χ0n) is 17.7. The van der Waals surface area contributed by atoms with Gasteiger partial charge in [-0.3, -0.25) is 19.7 Å². The molecule has 0 unspecified atom stereocenters. The van der Waals surface area contributed by atoms with Crippen molar-refractivity contribution < 1.29 is 14.5 Å². The molecule has 0 saturated heterocycles. The third-order valence-corrected chi connectivity index (χ3v) is 4.94. The molecule has 156 valence electrons. The molecular formula is C24H26N2O4. The van der Waals surface area contributed by atoms with Gasteiger partial charge in [0.15, 0.2) is 5.78 Å². The topological polar surface area (TPSA) is 80.5 Å². The van der Waals surface area contributed by atoms with E-state index < -0.39 is 10.7 Å². The van der Waals surface area contributed by atoms with E-state index in [1.807, 2.05) is 6.20 Å². The predicted molar refractivity (Wildman–Crippen MR) is 117 cm³/mol. The number of benzene rings is 2. The van der Waals surface area contributed by atoms with Crippen LogP contribution in [0, 0.1) is 22.0 Å². The fourth-order valence-corrected chi connectivity index (χ4v) is 3.84. The maximum Gasteiger partial charge on any atom is 0.288 e. The summed E-state index contributed by atoms with van der Waals surface area (Å²) in [5.41, 5.74) is 0.462. The standard InChI is InChI=1S/C24H26N2O4/c1-15(2)13-25(14-16(3)4)12-11-17-9-10-20-21(22(17)26(29)30)24(28)19-8-6-5-7-18(19)23(20)27/h5-12,15-16H,13-14H2,1-4H3. The lowest BCUT2D eigenvalue weighted by atomic mass is 9.82. The second kappa shape index (κ2) is 8.61. The van der Waals surface area contributed by atoms with Gasteiger partial charge >= 0.3 is 0 Å². The zero-order chi connectivity index (χ0) is 22.0. The van der Waals surface area contributed by atoms with E-state index in [1.165, 1.54) is 12.1 Å². The SMILES string of the molecule is CC(C)CN(C=Cc1ccc2c(c1[N+](=O)[O-])C(=O)c1ccccc1C2=O)CC(C)C. The lowest BCUT2D eigenvalue weighted by Crippen LogP contribution is -2.26. The zero-order valence-corrected chi connectivity index (χ0v) is 17.7. The summed E-state index contributed by atoms with van der Waals surface area (Å²) in [5.74, 6) is 0.0219. The Morgan fingerprint density at radius 1 is 0.900 bits per heavy atom. The molecular weight excluding hydrogens is 380 g/mol. The molecule has 2 aromatic rings. The summed E-state index contributed by atoms with van der Waals surface area (Å²) < 4.78 is 0. The van der Waals surface area contributed by atoms with Gasteiger partial charge in [-0.05, 0) is 36.2 Å². The Bertz CT molecular complexity index is 1030. The second-order valence-electron chi connectivity index (χ2n) is 8.44. The summed E-state index contributed by atoms with van der Waals surface area (Å²) in [5, 5.41) is 12.0. The first-order valence-electron chi connectivity index (χ1n) is 10.1. The van der Waals surface area contributed by atoms with E-state index in [1.54, 1.807) is 30.3 Å². The average Bonchev–Trinajstić information content (AvgIpc) is 2.68. The van der Waals surface area contributed by atoms with Crippen LogP contribution in [0.1, 0.15) is 65.1 Å². The number of carbonyl (C=O) groups excluding carboxylic acids is 2. The molecule has 0 aliphatic heterocycles. The molecule has 0 atom stereocenters. The molecule has 0 N–H and O–H groups in total. The molecule has 0 heterocycles. The Labute approximate surface area is 176 Å². The van der Waals surface area contributed by atoms with Gasteiger partial charge < -0.3 is 4.90 Å². The Balaban J connectivity index is 2.09. The van der Waals surface area contributed by atoms with E-state index in [-0.39, 0.29) is 33.7 Å². The maximum atomic E-state index is 13.1. The lowest BCUT2D eigenvalue weighted by molar-refractivity contribution is -0.385. The van der Waals surface area contributed by atoms with E-state index in [2.05, 4.69) is 32.6 Å². The first-order chi connectivity index (χ1) is 14.2. The van der Waals surface area contributed by atoms with Crippen LogP contribution in [0.3, 0.4) is 0 Å². The molecule has 0 saturated carbocycles. The minimum absolute atomic E-state index is 0.0868. The smallest absolute Gasteiger partial charge is 0.288 e. The van der Waals surface area contributed by atoms with Gasteiger partial charge in [0.25, 0.3) is 5.69 Å². The Morgan fingerprint density at radius 3 is 2.00 bits per heavy atom. The fourth-order valence-electron chi connectivity index (χ4n) is 3.84. The summed E-state index contributed by atoms with van der Waals surface area (Å²) in [6, 6.07) is 9.52. The van der Waals surface area contributed by atoms with Gasteiger partial charge in [-0.25, -0.2) is 0 Å². The third-order valence-electron chi connectivity index (χ3n) is 4.94. The van der Waals surface area contributed by atoms with E-state index in [0.29, 0.717) is 17.4 Å². The third kappa shape index (κ3) is 4.17. The molecule has 0 amide bonds. The van der Waals surface area contributed by atoms with Crippen LogP contribution in [-0.4, -0.2) is 34.5 Å². The van der Waals surface area contributed by atoms with Gasteiger partial charge in [0.2, 0.25) is 5.78 Å². The largest absolute Gasteiger partial charge is 0.377 e. The van der Waals surface area contributed by atoms with E-state index in [4.69, 9.17) is 0 Å². The van der Waals surface area contributed by atoms with Crippen LogP contribution in [0.15, 0.2) is 42.6 Å². The highest BCUT2D eigenvalue weighted by Crippen LogP contribution is 2.36. The molecule has 1 aliphatic rings. The quantitative estimate of drug-likeness (QED) is 0.409. The van der Waals surface area contributed by atoms with Crippen LogP contribution in [0.2, 0.25) is 0 Å². The van der Waals surface area contributed by atoms with Crippen LogP contribution in [0.25, 0.3) is 6.08 Å². The van der Waals surface area contributed by atoms with Crippen molar-refractivity contribution in [2.24, 2.45) is 11.8 Å². The van der Waals surface area contributed by atoms with Crippen LogP contribution >= 0.6 is 0 Å². The van der Waals surface area contributed by atoms with Gasteiger partial charge in [0, 0.05) is 29.8 Å².